The molecule has 2 N–H and O–H groups in total. The number of hydrogen-bond donors (Lipinski definition) is 2. The maximum absolute atomic E-state index is 13.4. The van der Waals surface area contributed by atoms with E-state index in [0.29, 0.717) is 18.9 Å². The number of halogens is 2. The number of carboxylic acid groups (broad SMARTS) is 1. The van der Waals surface area contributed by atoms with Crippen molar-refractivity contribution in [3.63, 3.8) is 0 Å². The summed E-state index contributed by atoms with van der Waals surface area (Å²) in [6.45, 7) is 0. The van der Waals surface area contributed by atoms with Gasteiger partial charge < -0.3 is 10.2 Å². The van der Waals surface area contributed by atoms with E-state index in [1.165, 1.54) is 0 Å². The number of benzene rings is 1. The van der Waals surface area contributed by atoms with E-state index in [9.17, 15) is 18.7 Å². The summed E-state index contributed by atoms with van der Waals surface area (Å²) >= 11 is 0. The zero-order chi connectivity index (χ0) is 11.9. The largest absolute Gasteiger partial charge is 0.478 e. The summed E-state index contributed by atoms with van der Waals surface area (Å²) in [5, 5.41) is 18.1. The quantitative estimate of drug-likeness (QED) is 0.828. The van der Waals surface area contributed by atoms with Crippen molar-refractivity contribution in [1.29, 1.82) is 0 Å². The lowest BCUT2D eigenvalue weighted by Crippen LogP contribution is -2.13. The molecule has 1 aromatic carbocycles. The molecule has 0 unspecified atom stereocenters. The van der Waals surface area contributed by atoms with Crippen molar-refractivity contribution < 1.29 is 23.8 Å². The third kappa shape index (κ3) is 2.04. The highest BCUT2D eigenvalue weighted by Crippen LogP contribution is 2.38. The summed E-state index contributed by atoms with van der Waals surface area (Å²) in [5.74, 6) is -3.28. The molecular formula is C11H10F2O3. The number of aromatic carboxylic acids is 1. The minimum atomic E-state index is -1.51. The van der Waals surface area contributed by atoms with E-state index in [4.69, 9.17) is 5.11 Å². The fourth-order valence-corrected chi connectivity index (χ4v) is 1.56. The van der Waals surface area contributed by atoms with E-state index in [-0.39, 0.29) is 12.0 Å². The zero-order valence-corrected chi connectivity index (χ0v) is 8.33. The summed E-state index contributed by atoms with van der Waals surface area (Å²) in [7, 11) is 0. The molecule has 0 saturated heterocycles. The SMILES string of the molecule is O=C(O)c1cc(F)c(CC2(O)CC2)cc1F. The highest BCUT2D eigenvalue weighted by atomic mass is 19.1. The van der Waals surface area contributed by atoms with Crippen LogP contribution >= 0.6 is 0 Å². The van der Waals surface area contributed by atoms with Gasteiger partial charge in [0.1, 0.15) is 11.6 Å². The third-order valence-electron chi connectivity index (χ3n) is 2.71. The number of aliphatic hydroxyl groups is 1. The minimum Gasteiger partial charge on any atom is -0.478 e. The van der Waals surface area contributed by atoms with Gasteiger partial charge in [-0.05, 0) is 30.5 Å². The van der Waals surface area contributed by atoms with Gasteiger partial charge in [0.05, 0.1) is 11.2 Å². The molecule has 1 aliphatic rings. The second-order valence-corrected chi connectivity index (χ2v) is 4.13. The summed E-state index contributed by atoms with van der Waals surface area (Å²) in [4.78, 5) is 10.5. The second kappa shape index (κ2) is 3.52. The fraction of sp³-hybridized carbons (Fsp3) is 0.364. The lowest BCUT2D eigenvalue weighted by molar-refractivity contribution is 0.0691. The molecule has 16 heavy (non-hydrogen) atoms. The molecule has 2 rings (SSSR count). The van der Waals surface area contributed by atoms with Gasteiger partial charge in [0.15, 0.2) is 0 Å². The van der Waals surface area contributed by atoms with Gasteiger partial charge in [-0.15, -0.1) is 0 Å². The van der Waals surface area contributed by atoms with Crippen molar-refractivity contribution in [3.05, 3.63) is 34.9 Å². The molecule has 0 spiro atoms. The van der Waals surface area contributed by atoms with E-state index < -0.39 is 28.8 Å². The van der Waals surface area contributed by atoms with Crippen LogP contribution in [0, 0.1) is 11.6 Å². The smallest absolute Gasteiger partial charge is 0.338 e. The lowest BCUT2D eigenvalue weighted by Gasteiger charge is -2.09. The highest BCUT2D eigenvalue weighted by Gasteiger charge is 2.41. The molecule has 0 bridgehead atoms. The van der Waals surface area contributed by atoms with Crippen molar-refractivity contribution >= 4 is 5.97 Å². The van der Waals surface area contributed by atoms with E-state index in [1.807, 2.05) is 0 Å². The first kappa shape index (κ1) is 11.0. The van der Waals surface area contributed by atoms with Gasteiger partial charge in [0.25, 0.3) is 0 Å². The number of carbonyl (C=O) groups is 1. The van der Waals surface area contributed by atoms with E-state index in [0.717, 1.165) is 6.07 Å². The van der Waals surface area contributed by atoms with Crippen molar-refractivity contribution in [2.75, 3.05) is 0 Å². The molecule has 0 aromatic heterocycles. The molecule has 1 aliphatic carbocycles. The second-order valence-electron chi connectivity index (χ2n) is 4.13. The van der Waals surface area contributed by atoms with Gasteiger partial charge >= 0.3 is 5.97 Å². The van der Waals surface area contributed by atoms with Crippen LogP contribution in [0.1, 0.15) is 28.8 Å². The van der Waals surface area contributed by atoms with Crippen LogP contribution in [0.5, 0.6) is 0 Å². The van der Waals surface area contributed by atoms with Crippen molar-refractivity contribution in [1.82, 2.24) is 0 Å². The van der Waals surface area contributed by atoms with Crippen LogP contribution in [0.4, 0.5) is 8.78 Å². The molecule has 1 aromatic rings. The first-order valence-corrected chi connectivity index (χ1v) is 4.85. The summed E-state index contributed by atoms with van der Waals surface area (Å²) in [6.07, 6.45) is 1.15. The van der Waals surface area contributed by atoms with Crippen LogP contribution in [-0.4, -0.2) is 21.8 Å². The molecule has 1 fully saturated rings. The number of rotatable bonds is 3. The first-order valence-electron chi connectivity index (χ1n) is 4.85. The van der Waals surface area contributed by atoms with Gasteiger partial charge in [-0.1, -0.05) is 0 Å². The average molecular weight is 228 g/mol. The highest BCUT2D eigenvalue weighted by molar-refractivity contribution is 5.88. The predicted octanol–water partition coefficient (Wildman–Crippen LogP) is 1.73. The van der Waals surface area contributed by atoms with E-state index >= 15 is 0 Å². The Hall–Kier alpha value is -1.49. The summed E-state index contributed by atoms with van der Waals surface area (Å²) in [5.41, 5.74) is -1.61. The van der Waals surface area contributed by atoms with E-state index in [2.05, 4.69) is 0 Å². The Kier molecular flexibility index (Phi) is 2.42. The molecule has 86 valence electrons. The topological polar surface area (TPSA) is 57.5 Å². The average Bonchev–Trinajstić information content (AvgIpc) is 2.89. The maximum atomic E-state index is 13.4. The Labute approximate surface area is 90.3 Å². The van der Waals surface area contributed by atoms with Crippen molar-refractivity contribution in [3.8, 4) is 0 Å². The third-order valence-corrected chi connectivity index (χ3v) is 2.71. The van der Waals surface area contributed by atoms with Crippen LogP contribution in [0.25, 0.3) is 0 Å². The fourth-order valence-electron chi connectivity index (χ4n) is 1.56. The zero-order valence-electron chi connectivity index (χ0n) is 8.33. The minimum absolute atomic E-state index is 0.0162. The molecule has 0 radical (unpaired) electrons. The summed E-state index contributed by atoms with van der Waals surface area (Å²) < 4.78 is 26.7. The summed E-state index contributed by atoms with van der Waals surface area (Å²) in [6, 6.07) is 1.49. The van der Waals surface area contributed by atoms with Crippen LogP contribution in [0.2, 0.25) is 0 Å². The van der Waals surface area contributed by atoms with Crippen LogP contribution in [0.3, 0.4) is 0 Å². The van der Waals surface area contributed by atoms with E-state index in [1.54, 1.807) is 0 Å². The van der Waals surface area contributed by atoms with Crippen LogP contribution < -0.4 is 0 Å². The Morgan fingerprint density at radius 1 is 1.31 bits per heavy atom. The Morgan fingerprint density at radius 2 is 1.94 bits per heavy atom. The van der Waals surface area contributed by atoms with Gasteiger partial charge in [-0.2, -0.15) is 0 Å². The van der Waals surface area contributed by atoms with Crippen LogP contribution in [-0.2, 0) is 6.42 Å². The monoisotopic (exact) mass is 228 g/mol. The predicted molar refractivity (Wildman–Crippen MR) is 51.2 cm³/mol. The molecule has 3 nitrogen and oxygen atoms in total. The van der Waals surface area contributed by atoms with Crippen LogP contribution in [0.15, 0.2) is 12.1 Å². The van der Waals surface area contributed by atoms with Gasteiger partial charge in [-0.25, -0.2) is 13.6 Å². The molecule has 5 heteroatoms. The Bertz CT molecular complexity index is 453. The standard InChI is InChI=1S/C11H10F2O3/c12-8-4-7(10(14)15)9(13)3-6(8)5-11(16)1-2-11/h3-4,16H,1-2,5H2,(H,14,15). The van der Waals surface area contributed by atoms with Gasteiger partial charge in [0.2, 0.25) is 0 Å². The molecule has 0 heterocycles. The van der Waals surface area contributed by atoms with Crippen molar-refractivity contribution in [2.24, 2.45) is 0 Å². The van der Waals surface area contributed by atoms with Gasteiger partial charge in [0, 0.05) is 6.42 Å². The maximum Gasteiger partial charge on any atom is 0.338 e. The molecule has 0 aliphatic heterocycles. The number of carboxylic acids is 1. The normalized spacial score (nSPS) is 17.2. The number of hydrogen-bond acceptors (Lipinski definition) is 2. The van der Waals surface area contributed by atoms with Crippen molar-refractivity contribution in [2.45, 2.75) is 24.9 Å². The lowest BCUT2D eigenvalue weighted by atomic mass is 10.0. The molecular weight excluding hydrogens is 218 g/mol. The Morgan fingerprint density at radius 3 is 2.44 bits per heavy atom. The first-order chi connectivity index (χ1) is 7.41. The Balaban J connectivity index is 2.33. The molecule has 0 atom stereocenters. The van der Waals surface area contributed by atoms with Gasteiger partial charge in [-0.3, -0.25) is 0 Å². The molecule has 0 amide bonds. The molecule has 1 saturated carbocycles.